The van der Waals surface area contributed by atoms with E-state index in [1.54, 1.807) is 22.4 Å². The molecule has 0 radical (unpaired) electrons. The van der Waals surface area contributed by atoms with E-state index in [2.05, 4.69) is 44.5 Å². The van der Waals surface area contributed by atoms with Crippen molar-refractivity contribution in [1.82, 2.24) is 39.9 Å². The summed E-state index contributed by atoms with van der Waals surface area (Å²) in [6.45, 7) is 13.9. The fourth-order valence-corrected chi connectivity index (χ4v) is 12.1. The first kappa shape index (κ1) is 55.0. The van der Waals surface area contributed by atoms with Gasteiger partial charge in [-0.3, -0.25) is 24.0 Å². The van der Waals surface area contributed by atoms with E-state index in [-0.39, 0.29) is 66.7 Å². The van der Waals surface area contributed by atoms with Gasteiger partial charge in [0, 0.05) is 90.9 Å². The molecule has 6 heterocycles. The lowest BCUT2D eigenvalue weighted by Gasteiger charge is -2.37. The lowest BCUT2D eigenvalue weighted by atomic mass is 9.76. The Morgan fingerprint density at radius 2 is 1.61 bits per heavy atom. The molecule has 75 heavy (non-hydrogen) atoms. The van der Waals surface area contributed by atoms with Gasteiger partial charge in [0.15, 0.2) is 0 Å². The molecule has 0 unspecified atom stereocenters. The van der Waals surface area contributed by atoms with Crippen LogP contribution in [0.1, 0.15) is 149 Å². The minimum Gasteiger partial charge on any atom is -0.391 e. The van der Waals surface area contributed by atoms with Gasteiger partial charge in [0.2, 0.25) is 17.7 Å². The number of anilines is 1. The quantitative estimate of drug-likeness (QED) is 0.0809. The number of unbranched alkanes of at least 4 members (excludes halogenated alkanes) is 2. The van der Waals surface area contributed by atoms with E-state index in [9.17, 15) is 33.9 Å². The van der Waals surface area contributed by atoms with Crippen LogP contribution in [0, 0.1) is 18.3 Å². The molecule has 4 aliphatic heterocycles. The minimum absolute atomic E-state index is 0.0258. The molecule has 0 bridgehead atoms. The highest BCUT2D eigenvalue weighted by Gasteiger charge is 2.45. The maximum Gasteiger partial charge on any atom is 0.320 e. The van der Waals surface area contributed by atoms with Crippen LogP contribution in [-0.4, -0.2) is 146 Å². The number of aliphatic hydroxyl groups excluding tert-OH is 1. The second-order valence-electron chi connectivity index (χ2n) is 22.3. The number of benzene rings is 2. The average molecular weight is 1050 g/mol. The molecule has 17 nitrogen and oxygen atoms in total. The number of rotatable bonds is 19. The van der Waals surface area contributed by atoms with E-state index in [0.29, 0.717) is 75.7 Å². The normalized spacial score (nSPS) is 20.4. The fourth-order valence-electron chi connectivity index (χ4n) is 11.3. The number of β-amino-alcohol motifs (C(OH)–C–C–N with tert-alkyl or cyclic N) is 1. The van der Waals surface area contributed by atoms with Crippen LogP contribution in [0.2, 0.25) is 0 Å². The standard InChI is InChI=1S/C57H76N10O7S/c1-36(39-18-20-42(21-19-39)52-37(2)60-35-75-52)61-54(72)48-31-45(69)34-67(48)55(73)46(57(3,4)5)30-44(68)12-8-7-9-13-50(70)64-25-22-41(23-26-64)40-16-14-38(15-17-40)29-47-51(53(58)71)59-32-49(62-47)65-24-10-11-43(33-65)66-28-27-63(6)56(66)74/h14-21,32,35-36,41,43,45-46,48,69H,7-13,22-31,33-34H2,1-6H3,(H2,58,71)(H,61,72)/t36-,43+,45+,46+,48-/m0/s1. The van der Waals surface area contributed by atoms with E-state index in [1.807, 2.05) is 81.2 Å². The van der Waals surface area contributed by atoms with E-state index < -0.39 is 29.4 Å². The molecule has 4 fully saturated rings. The van der Waals surface area contributed by atoms with E-state index in [0.717, 1.165) is 72.5 Å². The zero-order chi connectivity index (χ0) is 53.6. The largest absolute Gasteiger partial charge is 0.391 e. The van der Waals surface area contributed by atoms with E-state index in [4.69, 9.17) is 10.7 Å². The number of hydrogen-bond donors (Lipinski definition) is 3. The number of amides is 6. The van der Waals surface area contributed by atoms with Crippen molar-refractivity contribution in [3.63, 3.8) is 0 Å². The van der Waals surface area contributed by atoms with Gasteiger partial charge in [0.25, 0.3) is 5.91 Å². The second kappa shape index (κ2) is 24.2. The highest BCUT2D eigenvalue weighted by atomic mass is 32.1. The Labute approximate surface area is 445 Å². The number of carbonyl (C=O) groups excluding carboxylic acids is 6. The Bertz CT molecular complexity index is 2680. The number of likely N-dealkylation sites (N-methyl/N-ethyl adjacent to an activating group) is 1. The summed E-state index contributed by atoms with van der Waals surface area (Å²) in [7, 11) is 1.83. The molecule has 4 saturated heterocycles. The number of ketones is 1. The van der Waals surface area contributed by atoms with Crippen LogP contribution < -0.4 is 16.0 Å². The molecule has 4 aromatic rings. The van der Waals surface area contributed by atoms with Crippen LogP contribution in [0.5, 0.6) is 0 Å². The highest BCUT2D eigenvalue weighted by Crippen LogP contribution is 2.35. The Kier molecular flexibility index (Phi) is 17.7. The lowest BCUT2D eigenvalue weighted by molar-refractivity contribution is -0.146. The van der Waals surface area contributed by atoms with Gasteiger partial charge in [-0.05, 0) is 86.0 Å². The predicted molar refractivity (Wildman–Crippen MR) is 289 cm³/mol. The number of aryl methyl sites for hydroxylation is 1. The minimum atomic E-state index is -0.848. The number of primary amides is 1. The van der Waals surface area contributed by atoms with Gasteiger partial charge >= 0.3 is 6.03 Å². The zero-order valence-electron chi connectivity index (χ0n) is 44.6. The number of aliphatic hydroxyl groups is 1. The predicted octanol–water partition coefficient (Wildman–Crippen LogP) is 7.05. The second-order valence-corrected chi connectivity index (χ2v) is 23.2. The average Bonchev–Trinajstić information content (AvgIpc) is 4.11. The van der Waals surface area contributed by atoms with Gasteiger partial charge in [0.1, 0.15) is 23.3 Å². The number of piperidine rings is 2. The van der Waals surface area contributed by atoms with Gasteiger partial charge in [-0.25, -0.2) is 19.7 Å². The number of hydrogen-bond acceptors (Lipinski definition) is 12. The maximum atomic E-state index is 14.2. The van der Waals surface area contributed by atoms with Crippen LogP contribution in [0.3, 0.4) is 0 Å². The molecule has 0 spiro atoms. The van der Waals surface area contributed by atoms with Gasteiger partial charge in [-0.15, -0.1) is 11.3 Å². The number of thiazole rings is 1. The van der Waals surface area contributed by atoms with Gasteiger partial charge in [-0.2, -0.15) is 0 Å². The van der Waals surface area contributed by atoms with Gasteiger partial charge in [0.05, 0.1) is 46.2 Å². The molecule has 2 aromatic carbocycles. The molecular weight excluding hydrogens is 969 g/mol. The Morgan fingerprint density at radius 3 is 2.27 bits per heavy atom. The molecule has 0 saturated carbocycles. The van der Waals surface area contributed by atoms with Crippen molar-refractivity contribution in [2.75, 3.05) is 57.8 Å². The topological polar surface area (TPSA) is 216 Å². The summed E-state index contributed by atoms with van der Waals surface area (Å²) >= 11 is 1.58. The van der Waals surface area contributed by atoms with Crippen LogP contribution in [-0.2, 0) is 25.6 Å². The monoisotopic (exact) mass is 1040 g/mol. The number of nitrogens with two attached hydrogens (primary N) is 1. The third-order valence-corrected chi connectivity index (χ3v) is 16.9. The Hall–Kier alpha value is -6.27. The summed E-state index contributed by atoms with van der Waals surface area (Å²) < 4.78 is 0. The fraction of sp³-hybridized carbons (Fsp3) is 0.561. The summed E-state index contributed by atoms with van der Waals surface area (Å²) in [5.74, 6) is -0.830. The molecule has 18 heteroatoms. The van der Waals surface area contributed by atoms with Crippen molar-refractivity contribution in [2.24, 2.45) is 17.1 Å². The Morgan fingerprint density at radius 1 is 0.893 bits per heavy atom. The van der Waals surface area contributed by atoms with E-state index >= 15 is 0 Å². The van der Waals surface area contributed by atoms with Crippen molar-refractivity contribution in [2.45, 2.75) is 142 Å². The highest BCUT2D eigenvalue weighted by molar-refractivity contribution is 7.13. The lowest BCUT2D eigenvalue weighted by Crippen LogP contribution is -2.50. The van der Waals surface area contributed by atoms with Crippen molar-refractivity contribution < 1.29 is 33.9 Å². The van der Waals surface area contributed by atoms with E-state index in [1.165, 1.54) is 10.5 Å². The SMILES string of the molecule is Cc1ncsc1-c1ccc([C@H](C)NC(=O)[C@@H]2C[C@@H](O)CN2C(=O)[C@@H](CC(=O)CCCCCC(=O)N2CCC(c3ccc(Cc4nc(N5CCC[C@@H](N6CCN(C)C6=O)C5)cnc4C(N)=O)cc3)CC2)C(C)(C)C)cc1. The van der Waals surface area contributed by atoms with Crippen molar-refractivity contribution in [3.05, 3.63) is 94.0 Å². The number of aromatic nitrogens is 3. The summed E-state index contributed by atoms with van der Waals surface area (Å²) in [6.07, 6.45) is 7.62. The number of likely N-dealkylation sites (tertiary alicyclic amines) is 2. The number of nitrogens with zero attached hydrogens (tertiary/aromatic N) is 8. The molecular formula is C57H76N10O7S. The maximum absolute atomic E-state index is 14.2. The van der Waals surface area contributed by atoms with Gasteiger partial charge < -0.3 is 40.7 Å². The molecule has 5 atom stereocenters. The summed E-state index contributed by atoms with van der Waals surface area (Å²) in [4.78, 5) is 104. The Balaban J connectivity index is 0.756. The van der Waals surface area contributed by atoms with Crippen LogP contribution in [0.4, 0.5) is 10.6 Å². The number of Topliss-reactive ketones (excluding diaryl/α,β-unsaturated/α-hetero) is 1. The molecule has 402 valence electrons. The first-order valence-electron chi connectivity index (χ1n) is 26.9. The van der Waals surface area contributed by atoms with Crippen LogP contribution >= 0.6 is 11.3 Å². The van der Waals surface area contributed by atoms with Crippen LogP contribution in [0.15, 0.2) is 60.2 Å². The van der Waals surface area contributed by atoms with Crippen molar-refractivity contribution >= 4 is 52.6 Å². The van der Waals surface area contributed by atoms with Crippen LogP contribution in [0.25, 0.3) is 10.4 Å². The first-order valence-corrected chi connectivity index (χ1v) is 27.8. The third kappa shape index (κ3) is 13.4. The molecule has 8 rings (SSSR count). The number of urea groups is 1. The molecule has 4 aliphatic rings. The number of nitrogens with one attached hydrogen (secondary N) is 1. The molecule has 2 aromatic heterocycles. The smallest absolute Gasteiger partial charge is 0.320 e. The third-order valence-electron chi connectivity index (χ3n) is 15.9. The number of carbonyl (C=O) groups is 6. The summed E-state index contributed by atoms with van der Waals surface area (Å²) in [5.41, 5.74) is 12.8. The first-order chi connectivity index (χ1) is 35.8. The molecule has 4 N–H and O–H groups in total. The zero-order valence-corrected chi connectivity index (χ0v) is 45.4. The van der Waals surface area contributed by atoms with Crippen molar-refractivity contribution in [3.8, 4) is 10.4 Å². The molecule has 6 amide bonds. The van der Waals surface area contributed by atoms with Gasteiger partial charge in [-0.1, -0.05) is 75.7 Å². The van der Waals surface area contributed by atoms with Crippen molar-refractivity contribution in [1.29, 1.82) is 0 Å². The summed E-state index contributed by atoms with van der Waals surface area (Å²) in [5, 5.41) is 13.8. The summed E-state index contributed by atoms with van der Waals surface area (Å²) in [6, 6.07) is 15.3. The molecule has 0 aliphatic carbocycles.